The molecule has 0 atom stereocenters. The summed E-state index contributed by atoms with van der Waals surface area (Å²) in [6.07, 6.45) is 1.29. The van der Waals surface area contributed by atoms with Gasteiger partial charge in [0.1, 0.15) is 35.9 Å². The molecule has 39 heavy (non-hydrogen) atoms. The molecule has 0 bridgehead atoms. The largest absolute Gasteiger partial charge is 0.486 e. The second-order valence-corrected chi connectivity index (χ2v) is 14.3. The second kappa shape index (κ2) is 9.51. The molecular formula is C27H36N6O5S. The maximum Gasteiger partial charge on any atom is 0.410 e. The van der Waals surface area contributed by atoms with Gasteiger partial charge in [-0.1, -0.05) is 6.07 Å². The molecule has 4 aliphatic heterocycles. The lowest BCUT2D eigenvalue weighted by Crippen LogP contribution is -2.66. The molecule has 1 N–H and O–H groups in total. The number of hydrogen-bond acceptors (Lipinski definition) is 10. The summed E-state index contributed by atoms with van der Waals surface area (Å²) in [6.45, 7) is 12.2. The molecule has 0 radical (unpaired) electrons. The van der Waals surface area contributed by atoms with Crippen LogP contribution >= 0.6 is 0 Å². The maximum atomic E-state index is 12.3. The zero-order valence-electron chi connectivity index (χ0n) is 22.9. The number of aromatic nitrogens is 2. The highest BCUT2D eigenvalue weighted by Crippen LogP contribution is 2.42. The SMILES string of the molecule is Cc1cc(C2CN(C3CN(C(=O)OC(C)(C)C)C3)C2)cc2c1OCc1c(ncnc1N1CCS(=O)(=O)CC1)N2. The van der Waals surface area contributed by atoms with E-state index in [1.807, 2.05) is 25.7 Å². The zero-order valence-corrected chi connectivity index (χ0v) is 23.8. The van der Waals surface area contributed by atoms with E-state index in [-0.39, 0.29) is 17.6 Å². The van der Waals surface area contributed by atoms with Crippen LogP contribution in [0.4, 0.5) is 22.1 Å². The van der Waals surface area contributed by atoms with Crippen LogP contribution in [0.25, 0.3) is 0 Å². The van der Waals surface area contributed by atoms with Gasteiger partial charge in [0.05, 0.1) is 22.8 Å². The van der Waals surface area contributed by atoms with E-state index in [0.717, 1.165) is 41.5 Å². The predicted molar refractivity (Wildman–Crippen MR) is 148 cm³/mol. The Bertz CT molecular complexity index is 1380. The molecular weight excluding hydrogens is 520 g/mol. The number of sulfone groups is 1. The van der Waals surface area contributed by atoms with E-state index < -0.39 is 15.4 Å². The fourth-order valence-electron chi connectivity index (χ4n) is 5.62. The highest BCUT2D eigenvalue weighted by molar-refractivity contribution is 7.91. The molecule has 5 heterocycles. The summed E-state index contributed by atoms with van der Waals surface area (Å²) in [5.41, 5.74) is 3.55. The summed E-state index contributed by atoms with van der Waals surface area (Å²) in [6, 6.07) is 4.74. The molecule has 1 amide bonds. The van der Waals surface area contributed by atoms with Crippen molar-refractivity contribution in [1.29, 1.82) is 0 Å². The quantitative estimate of drug-likeness (QED) is 0.605. The van der Waals surface area contributed by atoms with Gasteiger partial charge in [0.15, 0.2) is 9.84 Å². The van der Waals surface area contributed by atoms with E-state index in [2.05, 4.69) is 39.2 Å². The van der Waals surface area contributed by atoms with Gasteiger partial charge < -0.3 is 24.6 Å². The second-order valence-electron chi connectivity index (χ2n) is 12.0. The number of nitrogens with zero attached hydrogens (tertiary/aromatic N) is 5. The minimum absolute atomic E-state index is 0.126. The van der Waals surface area contributed by atoms with Gasteiger partial charge in [-0.2, -0.15) is 0 Å². The van der Waals surface area contributed by atoms with E-state index in [1.165, 1.54) is 11.9 Å². The van der Waals surface area contributed by atoms with Crippen LogP contribution in [0.2, 0.25) is 0 Å². The first-order chi connectivity index (χ1) is 18.5. The van der Waals surface area contributed by atoms with E-state index in [9.17, 15) is 13.2 Å². The standard InChI is InChI=1S/C27H36N6O5S/c1-17-9-18(19-11-32(12-19)20-13-33(14-20)26(34)38-27(2,3)4)10-22-23(17)37-15-21-24(30-22)28-16-29-25(21)31-5-7-39(35,36)8-6-31/h9-10,16,19-20H,5-8,11-15H2,1-4H3,(H,28,29,30). The number of anilines is 3. The van der Waals surface area contributed by atoms with Crippen molar-refractivity contribution < 1.29 is 22.7 Å². The Labute approximate surface area is 229 Å². The summed E-state index contributed by atoms with van der Waals surface area (Å²) in [5.74, 6) is 2.87. The number of hydrogen-bond donors (Lipinski definition) is 1. The third-order valence-corrected chi connectivity index (χ3v) is 9.50. The summed E-state index contributed by atoms with van der Waals surface area (Å²) >= 11 is 0. The van der Waals surface area contributed by atoms with Crippen molar-refractivity contribution in [2.24, 2.45) is 0 Å². The molecule has 3 saturated heterocycles. The summed E-state index contributed by atoms with van der Waals surface area (Å²) in [7, 11) is -2.99. The molecule has 0 unspecified atom stereocenters. The summed E-state index contributed by atoms with van der Waals surface area (Å²) in [4.78, 5) is 27.5. The van der Waals surface area contributed by atoms with Crippen LogP contribution in [-0.2, 0) is 21.2 Å². The van der Waals surface area contributed by atoms with Crippen LogP contribution in [-0.4, -0.2) is 96.7 Å². The van der Waals surface area contributed by atoms with E-state index in [0.29, 0.717) is 50.6 Å². The lowest BCUT2D eigenvalue weighted by Gasteiger charge is -2.51. The van der Waals surface area contributed by atoms with Crippen LogP contribution in [0.3, 0.4) is 0 Å². The molecule has 2 aromatic rings. The average Bonchev–Trinajstić information content (AvgIpc) is 2.98. The highest BCUT2D eigenvalue weighted by atomic mass is 32.2. The monoisotopic (exact) mass is 556 g/mol. The van der Waals surface area contributed by atoms with Crippen molar-refractivity contribution in [2.45, 2.75) is 51.9 Å². The Balaban J connectivity index is 1.12. The Morgan fingerprint density at radius 2 is 1.82 bits per heavy atom. The van der Waals surface area contributed by atoms with Gasteiger partial charge in [-0.15, -0.1) is 0 Å². The average molecular weight is 557 g/mol. The van der Waals surface area contributed by atoms with Crippen molar-refractivity contribution in [2.75, 3.05) is 61.0 Å². The molecule has 11 nitrogen and oxygen atoms in total. The van der Waals surface area contributed by atoms with Gasteiger partial charge >= 0.3 is 6.09 Å². The van der Waals surface area contributed by atoms with Gasteiger partial charge in [-0.3, -0.25) is 4.90 Å². The summed E-state index contributed by atoms with van der Waals surface area (Å²) in [5, 5.41) is 3.48. The van der Waals surface area contributed by atoms with Gasteiger partial charge in [-0.25, -0.2) is 23.2 Å². The van der Waals surface area contributed by atoms with Crippen LogP contribution in [0, 0.1) is 6.92 Å². The molecule has 0 saturated carbocycles. The van der Waals surface area contributed by atoms with Gasteiger partial charge in [0.25, 0.3) is 0 Å². The molecule has 0 aliphatic carbocycles. The molecule has 210 valence electrons. The number of benzene rings is 1. The Hall–Kier alpha value is -3.12. The minimum Gasteiger partial charge on any atom is -0.486 e. The number of rotatable bonds is 3. The smallest absolute Gasteiger partial charge is 0.410 e. The number of nitrogens with one attached hydrogen (secondary N) is 1. The number of fused-ring (bicyclic) bond motifs is 2. The number of carbonyl (C=O) groups excluding carboxylic acids is 1. The van der Waals surface area contributed by atoms with Crippen molar-refractivity contribution in [3.05, 3.63) is 35.2 Å². The first-order valence-corrected chi connectivity index (χ1v) is 15.3. The van der Waals surface area contributed by atoms with Crippen LogP contribution in [0.15, 0.2) is 18.5 Å². The topological polar surface area (TPSA) is 117 Å². The van der Waals surface area contributed by atoms with Crippen molar-refractivity contribution in [1.82, 2.24) is 19.8 Å². The third kappa shape index (κ3) is 5.23. The fraction of sp³-hybridized carbons (Fsp3) is 0.593. The lowest BCUT2D eigenvalue weighted by molar-refractivity contribution is -0.0338. The minimum atomic E-state index is -2.99. The normalized spacial score (nSPS) is 21.4. The van der Waals surface area contributed by atoms with E-state index >= 15 is 0 Å². The predicted octanol–water partition coefficient (Wildman–Crippen LogP) is 2.67. The van der Waals surface area contributed by atoms with E-state index in [4.69, 9.17) is 9.47 Å². The van der Waals surface area contributed by atoms with Crippen molar-refractivity contribution >= 4 is 33.3 Å². The molecule has 12 heteroatoms. The first kappa shape index (κ1) is 26.1. The third-order valence-electron chi connectivity index (χ3n) is 7.89. The van der Waals surface area contributed by atoms with E-state index in [1.54, 1.807) is 4.90 Å². The first-order valence-electron chi connectivity index (χ1n) is 13.5. The zero-order chi connectivity index (χ0) is 27.5. The number of likely N-dealkylation sites (tertiary alicyclic amines) is 2. The van der Waals surface area contributed by atoms with Gasteiger partial charge in [-0.05, 0) is 44.9 Å². The molecule has 1 aromatic carbocycles. The van der Waals surface area contributed by atoms with Crippen LogP contribution in [0.1, 0.15) is 43.4 Å². The molecule has 6 rings (SSSR count). The molecule has 3 fully saturated rings. The molecule has 0 spiro atoms. The van der Waals surface area contributed by atoms with Crippen molar-refractivity contribution in [3.63, 3.8) is 0 Å². The van der Waals surface area contributed by atoms with Gasteiger partial charge in [0.2, 0.25) is 0 Å². The van der Waals surface area contributed by atoms with Gasteiger partial charge in [0, 0.05) is 51.2 Å². The molecule has 4 aliphatic rings. The van der Waals surface area contributed by atoms with Crippen LogP contribution in [0.5, 0.6) is 5.75 Å². The number of ether oxygens (including phenoxy) is 2. The fourth-order valence-corrected chi connectivity index (χ4v) is 6.82. The molecule has 1 aromatic heterocycles. The highest BCUT2D eigenvalue weighted by Gasteiger charge is 2.42. The number of aryl methyl sites for hydroxylation is 1. The van der Waals surface area contributed by atoms with Crippen LogP contribution < -0.4 is 15.0 Å². The number of carbonyl (C=O) groups is 1. The maximum absolute atomic E-state index is 12.3. The Kier molecular flexibility index (Phi) is 6.37. The Morgan fingerprint density at radius 1 is 1.10 bits per heavy atom. The lowest BCUT2D eigenvalue weighted by atomic mass is 9.87. The van der Waals surface area contributed by atoms with Crippen molar-refractivity contribution in [3.8, 4) is 5.75 Å². The Morgan fingerprint density at radius 3 is 2.51 bits per heavy atom. The number of amides is 1. The summed E-state index contributed by atoms with van der Waals surface area (Å²) < 4.78 is 35.6.